The maximum absolute atomic E-state index is 13.0. The molecule has 0 saturated heterocycles. The fourth-order valence-corrected chi connectivity index (χ4v) is 3.37. The third kappa shape index (κ3) is 4.95. The van der Waals surface area contributed by atoms with Crippen molar-refractivity contribution in [2.45, 2.75) is 46.0 Å². The minimum absolute atomic E-state index is 0.108. The van der Waals surface area contributed by atoms with Crippen molar-refractivity contribution in [3.63, 3.8) is 0 Å². The highest BCUT2D eigenvalue weighted by Gasteiger charge is 2.35. The van der Waals surface area contributed by atoms with Crippen LogP contribution >= 0.6 is 0 Å². The predicted molar refractivity (Wildman–Crippen MR) is 106 cm³/mol. The van der Waals surface area contributed by atoms with Crippen LogP contribution in [0.2, 0.25) is 0 Å². The zero-order valence-corrected chi connectivity index (χ0v) is 17.4. The molecule has 31 heavy (non-hydrogen) atoms. The van der Waals surface area contributed by atoms with E-state index < -0.39 is 18.8 Å². The average Bonchev–Trinajstić information content (AvgIpc) is 3.06. The smallest absolute Gasteiger partial charge is 0.422 e. The molecular weight excluding hydrogens is 413 g/mol. The molecule has 1 N–H and O–H groups in total. The van der Waals surface area contributed by atoms with Crippen molar-refractivity contribution >= 4 is 11.8 Å². The minimum atomic E-state index is -4.46. The van der Waals surface area contributed by atoms with Gasteiger partial charge >= 0.3 is 6.18 Å². The molecule has 166 valence electrons. The third-order valence-corrected chi connectivity index (χ3v) is 5.00. The summed E-state index contributed by atoms with van der Waals surface area (Å²) in [6.07, 6.45) is -0.849. The molecule has 10 heteroatoms. The maximum atomic E-state index is 13.0. The lowest BCUT2D eigenvalue weighted by molar-refractivity contribution is -0.154. The SMILES string of the molecule is CCCNC(=O)c1nccc2c1CN(C(C)c1cnc(OCC(F)(F)F)c(C)c1)C2=O. The zero-order chi connectivity index (χ0) is 22.8. The number of carbonyl (C=O) groups is 2. The molecule has 0 bridgehead atoms. The van der Waals surface area contributed by atoms with E-state index in [9.17, 15) is 22.8 Å². The van der Waals surface area contributed by atoms with Crippen molar-refractivity contribution in [1.29, 1.82) is 0 Å². The van der Waals surface area contributed by atoms with Crippen molar-refractivity contribution in [2.75, 3.05) is 13.2 Å². The normalized spacial score (nSPS) is 14.4. The maximum Gasteiger partial charge on any atom is 0.422 e. The first-order valence-corrected chi connectivity index (χ1v) is 9.85. The van der Waals surface area contributed by atoms with Crippen molar-refractivity contribution in [3.8, 4) is 5.88 Å². The van der Waals surface area contributed by atoms with Gasteiger partial charge in [-0.1, -0.05) is 6.92 Å². The standard InChI is InChI=1S/C21H23F3N4O3/c1-4-6-26-18(29)17-16-10-28(20(30)15(16)5-7-25-17)13(3)14-8-12(2)19(27-9-14)31-11-21(22,23)24/h5,7-9,13H,4,6,10-11H2,1-3H3,(H,26,29). The number of hydrogen-bond donors (Lipinski definition) is 1. The lowest BCUT2D eigenvalue weighted by atomic mass is 10.1. The Balaban J connectivity index is 1.80. The van der Waals surface area contributed by atoms with Crippen LogP contribution in [0.25, 0.3) is 0 Å². The van der Waals surface area contributed by atoms with Gasteiger partial charge in [0, 0.05) is 42.2 Å². The number of aryl methyl sites for hydroxylation is 1. The second-order valence-electron chi connectivity index (χ2n) is 7.35. The van der Waals surface area contributed by atoms with Crippen molar-refractivity contribution in [2.24, 2.45) is 0 Å². The predicted octanol–water partition coefficient (Wildman–Crippen LogP) is 3.58. The van der Waals surface area contributed by atoms with Crippen LogP contribution in [0.15, 0.2) is 24.5 Å². The molecule has 0 aliphatic carbocycles. The number of hydrogen-bond acceptors (Lipinski definition) is 5. The van der Waals surface area contributed by atoms with Gasteiger partial charge in [0.15, 0.2) is 6.61 Å². The fraction of sp³-hybridized carbons (Fsp3) is 0.429. The first-order valence-electron chi connectivity index (χ1n) is 9.85. The topological polar surface area (TPSA) is 84.4 Å². The molecule has 7 nitrogen and oxygen atoms in total. The van der Waals surface area contributed by atoms with Gasteiger partial charge in [0.2, 0.25) is 5.88 Å². The van der Waals surface area contributed by atoms with Crippen molar-refractivity contribution < 1.29 is 27.5 Å². The second kappa shape index (κ2) is 8.91. The molecule has 0 radical (unpaired) electrons. The Morgan fingerprint density at radius 1 is 1.35 bits per heavy atom. The van der Waals surface area contributed by atoms with E-state index in [0.717, 1.165) is 6.42 Å². The molecule has 2 aromatic heterocycles. The molecule has 1 aliphatic rings. The number of alkyl halides is 3. The second-order valence-corrected chi connectivity index (χ2v) is 7.35. The van der Waals surface area contributed by atoms with Crippen LogP contribution in [-0.2, 0) is 6.54 Å². The molecule has 1 atom stereocenters. The number of aromatic nitrogens is 2. The Morgan fingerprint density at radius 2 is 2.10 bits per heavy atom. The fourth-order valence-electron chi connectivity index (χ4n) is 3.37. The number of ether oxygens (including phenoxy) is 1. The summed E-state index contributed by atoms with van der Waals surface area (Å²) in [4.78, 5) is 35.1. The Morgan fingerprint density at radius 3 is 2.74 bits per heavy atom. The summed E-state index contributed by atoms with van der Waals surface area (Å²) in [5.74, 6) is -0.683. The summed E-state index contributed by atoms with van der Waals surface area (Å²) in [5.41, 5.74) is 2.27. The van der Waals surface area contributed by atoms with Gasteiger partial charge in [0.05, 0.1) is 6.04 Å². The molecule has 0 fully saturated rings. The molecule has 1 aliphatic heterocycles. The highest BCUT2D eigenvalue weighted by molar-refractivity contribution is 6.03. The van der Waals surface area contributed by atoms with Crippen LogP contribution in [-0.4, -0.2) is 46.0 Å². The quantitative estimate of drug-likeness (QED) is 0.717. The van der Waals surface area contributed by atoms with Crippen molar-refractivity contribution in [1.82, 2.24) is 20.2 Å². The minimum Gasteiger partial charge on any atom is -0.468 e. The van der Waals surface area contributed by atoms with Gasteiger partial charge in [-0.15, -0.1) is 0 Å². The van der Waals surface area contributed by atoms with E-state index in [2.05, 4.69) is 15.3 Å². The van der Waals surface area contributed by atoms with Crippen LogP contribution in [0.3, 0.4) is 0 Å². The monoisotopic (exact) mass is 436 g/mol. The van der Waals surface area contributed by atoms with Gasteiger partial charge in [0.1, 0.15) is 5.69 Å². The number of nitrogens with one attached hydrogen (secondary N) is 1. The summed E-state index contributed by atoms with van der Waals surface area (Å²) in [6, 6.07) is 2.81. The van der Waals surface area contributed by atoms with Crippen LogP contribution < -0.4 is 10.1 Å². The Kier molecular flexibility index (Phi) is 6.47. The molecule has 1 unspecified atom stereocenters. The molecule has 2 aromatic rings. The Bertz CT molecular complexity index is 994. The number of nitrogens with zero attached hydrogens (tertiary/aromatic N) is 3. The molecule has 3 rings (SSSR count). The van der Waals surface area contributed by atoms with E-state index in [4.69, 9.17) is 4.74 Å². The highest BCUT2D eigenvalue weighted by atomic mass is 19.4. The molecule has 2 amide bonds. The largest absolute Gasteiger partial charge is 0.468 e. The number of amides is 2. The van der Waals surface area contributed by atoms with Gasteiger partial charge in [-0.2, -0.15) is 13.2 Å². The van der Waals surface area contributed by atoms with E-state index >= 15 is 0 Å². The average molecular weight is 436 g/mol. The third-order valence-electron chi connectivity index (χ3n) is 5.00. The lowest BCUT2D eigenvalue weighted by Crippen LogP contribution is -2.28. The molecule has 0 aromatic carbocycles. The van der Waals surface area contributed by atoms with Gasteiger partial charge in [-0.25, -0.2) is 4.98 Å². The van der Waals surface area contributed by atoms with Crippen LogP contribution in [0.4, 0.5) is 13.2 Å². The number of fused-ring (bicyclic) bond motifs is 1. The van der Waals surface area contributed by atoms with E-state index in [0.29, 0.717) is 28.8 Å². The Hall–Kier alpha value is -3.17. The molecule has 0 spiro atoms. The summed E-state index contributed by atoms with van der Waals surface area (Å²) in [7, 11) is 0. The van der Waals surface area contributed by atoms with E-state index in [-0.39, 0.29) is 29.9 Å². The van der Waals surface area contributed by atoms with Crippen molar-refractivity contribution in [3.05, 3.63) is 52.5 Å². The summed E-state index contributed by atoms with van der Waals surface area (Å²) < 4.78 is 41.9. The van der Waals surface area contributed by atoms with Gasteiger partial charge in [0.25, 0.3) is 11.8 Å². The van der Waals surface area contributed by atoms with E-state index in [1.54, 1.807) is 30.9 Å². The number of halogens is 3. The lowest BCUT2D eigenvalue weighted by Gasteiger charge is -2.25. The highest BCUT2D eigenvalue weighted by Crippen LogP contribution is 2.33. The molecule has 3 heterocycles. The Labute approximate surface area is 177 Å². The zero-order valence-electron chi connectivity index (χ0n) is 17.4. The van der Waals surface area contributed by atoms with Crippen LogP contribution in [0.5, 0.6) is 5.88 Å². The number of pyridine rings is 2. The number of rotatable bonds is 7. The summed E-state index contributed by atoms with van der Waals surface area (Å²) in [6.45, 7) is 4.60. The summed E-state index contributed by atoms with van der Waals surface area (Å²) >= 11 is 0. The van der Waals surface area contributed by atoms with Gasteiger partial charge < -0.3 is 15.0 Å². The first kappa shape index (κ1) is 22.5. The van der Waals surface area contributed by atoms with E-state index in [1.807, 2.05) is 6.92 Å². The summed E-state index contributed by atoms with van der Waals surface area (Å²) in [5, 5.41) is 2.77. The van der Waals surface area contributed by atoms with Gasteiger partial charge in [-0.05, 0) is 38.0 Å². The van der Waals surface area contributed by atoms with Gasteiger partial charge in [-0.3, -0.25) is 14.6 Å². The molecule has 0 saturated carbocycles. The van der Waals surface area contributed by atoms with E-state index in [1.165, 1.54) is 12.4 Å². The first-order chi connectivity index (χ1) is 14.6. The molecular formula is C21H23F3N4O3. The van der Waals surface area contributed by atoms with Crippen LogP contribution in [0, 0.1) is 6.92 Å². The van der Waals surface area contributed by atoms with Crippen LogP contribution in [0.1, 0.15) is 63.8 Å². The number of carbonyl (C=O) groups excluding carboxylic acids is 2.